The molecule has 0 radical (unpaired) electrons. The van der Waals surface area contributed by atoms with E-state index in [9.17, 15) is 15.0 Å². The van der Waals surface area contributed by atoms with Gasteiger partial charge in [-0.05, 0) is 31.0 Å². The maximum atomic E-state index is 12.0. The van der Waals surface area contributed by atoms with Crippen LogP contribution >= 0.6 is 0 Å². The molecule has 4 atom stereocenters. The second-order valence-electron chi connectivity index (χ2n) is 8.38. The molecule has 1 fully saturated rings. The van der Waals surface area contributed by atoms with Crippen molar-refractivity contribution >= 4 is 14.3 Å². The number of hydrogen-bond donors (Lipinski definition) is 2. The third-order valence-corrected chi connectivity index (χ3v) is 10.3. The van der Waals surface area contributed by atoms with Crippen LogP contribution in [0.25, 0.3) is 0 Å². The van der Waals surface area contributed by atoms with Gasteiger partial charge in [-0.3, -0.25) is 0 Å². The van der Waals surface area contributed by atoms with Gasteiger partial charge in [-0.15, -0.1) is 0 Å². The summed E-state index contributed by atoms with van der Waals surface area (Å²) < 4.78 is 16.9. The van der Waals surface area contributed by atoms with Crippen molar-refractivity contribution in [2.24, 2.45) is 11.8 Å². The molecule has 24 heavy (non-hydrogen) atoms. The molecule has 2 N–H and O–H groups in total. The minimum Gasteiger partial charge on any atom is -0.473 e. The second-order valence-corrected chi connectivity index (χ2v) is 13.1. The number of ether oxygens (including phenoxy) is 2. The Hall–Kier alpha value is -0.893. The van der Waals surface area contributed by atoms with Gasteiger partial charge >= 0.3 is 5.97 Å². The number of aliphatic hydroxyl groups is 2. The first-order valence-corrected chi connectivity index (χ1v) is 11.3. The number of hydrogen-bond acceptors (Lipinski definition) is 6. The van der Waals surface area contributed by atoms with E-state index in [0.29, 0.717) is 18.4 Å². The fourth-order valence-electron chi connectivity index (χ4n) is 3.30. The van der Waals surface area contributed by atoms with Gasteiger partial charge in [0.25, 0.3) is 0 Å². The molecule has 138 valence electrons. The summed E-state index contributed by atoms with van der Waals surface area (Å²) in [4.78, 5) is 12.0. The molecule has 1 aliphatic heterocycles. The van der Waals surface area contributed by atoms with E-state index >= 15 is 0 Å². The zero-order chi connectivity index (χ0) is 18.3. The lowest BCUT2D eigenvalue weighted by Crippen LogP contribution is -2.54. The van der Waals surface area contributed by atoms with Crippen molar-refractivity contribution < 1.29 is 28.9 Å². The Labute approximate surface area is 144 Å². The summed E-state index contributed by atoms with van der Waals surface area (Å²) in [5.41, 5.74) is -0.910. The standard InChI is InChI=1S/C17H30O6Si/c1-16(2,3)24(5,6)23-15-13-11(7-8-17(13,20)10-18)12(9-22-15)14(19)21-4/h9,11,13,15,18,20H,7-8,10H2,1-6H3/t11-,13-,15?,17-/m1/s1. The maximum Gasteiger partial charge on any atom is 0.337 e. The Morgan fingerprint density at radius 2 is 2.08 bits per heavy atom. The minimum absolute atomic E-state index is 0.0197. The third kappa shape index (κ3) is 3.27. The van der Waals surface area contributed by atoms with Crippen LogP contribution < -0.4 is 0 Å². The number of esters is 1. The quantitative estimate of drug-likeness (QED) is 0.592. The fraction of sp³-hybridized carbons (Fsp3) is 0.824. The van der Waals surface area contributed by atoms with Crippen LogP contribution in [0, 0.1) is 11.8 Å². The highest BCUT2D eigenvalue weighted by Crippen LogP contribution is 2.50. The van der Waals surface area contributed by atoms with E-state index in [-0.39, 0.29) is 17.6 Å². The molecule has 0 aromatic rings. The van der Waals surface area contributed by atoms with Crippen LogP contribution in [0.4, 0.5) is 0 Å². The van der Waals surface area contributed by atoms with Gasteiger partial charge in [-0.25, -0.2) is 4.79 Å². The van der Waals surface area contributed by atoms with E-state index in [0.717, 1.165) is 0 Å². The topological polar surface area (TPSA) is 85.2 Å². The largest absolute Gasteiger partial charge is 0.473 e. The molecule has 0 bridgehead atoms. The first-order chi connectivity index (χ1) is 11.0. The summed E-state index contributed by atoms with van der Waals surface area (Å²) in [7, 11) is -0.825. The molecule has 0 spiro atoms. The summed E-state index contributed by atoms with van der Waals surface area (Å²) in [5, 5.41) is 20.6. The molecule has 0 amide bonds. The number of fused-ring (bicyclic) bond motifs is 1. The predicted octanol–water partition coefficient (Wildman–Crippen LogP) is 2.17. The molecule has 2 rings (SSSR count). The number of carbonyl (C=O) groups is 1. The normalized spacial score (nSPS) is 33.5. The molecule has 1 aliphatic carbocycles. The zero-order valence-electron chi connectivity index (χ0n) is 15.5. The summed E-state index contributed by atoms with van der Waals surface area (Å²) >= 11 is 0. The highest BCUT2D eigenvalue weighted by atomic mass is 28.4. The van der Waals surface area contributed by atoms with Gasteiger partial charge in [0, 0.05) is 5.92 Å². The predicted molar refractivity (Wildman–Crippen MR) is 91.5 cm³/mol. The highest BCUT2D eigenvalue weighted by molar-refractivity contribution is 6.74. The van der Waals surface area contributed by atoms with Gasteiger partial charge in [0.1, 0.15) is 0 Å². The van der Waals surface area contributed by atoms with Crippen molar-refractivity contribution in [3.63, 3.8) is 0 Å². The highest BCUT2D eigenvalue weighted by Gasteiger charge is 2.57. The van der Waals surface area contributed by atoms with E-state index in [1.165, 1.54) is 13.4 Å². The molecule has 1 saturated carbocycles. The van der Waals surface area contributed by atoms with E-state index in [1.54, 1.807) is 0 Å². The van der Waals surface area contributed by atoms with Gasteiger partial charge < -0.3 is 24.1 Å². The summed E-state index contributed by atoms with van der Waals surface area (Å²) in [6.07, 6.45) is 1.72. The average Bonchev–Trinajstić information content (AvgIpc) is 2.85. The molecule has 0 aromatic carbocycles. The second kappa shape index (κ2) is 6.44. The minimum atomic E-state index is -2.15. The van der Waals surface area contributed by atoms with Gasteiger partial charge in [-0.1, -0.05) is 20.8 Å². The first-order valence-electron chi connectivity index (χ1n) is 8.42. The van der Waals surface area contributed by atoms with Crippen molar-refractivity contribution in [3.8, 4) is 0 Å². The van der Waals surface area contributed by atoms with Gasteiger partial charge in [-0.2, -0.15) is 0 Å². The summed E-state index contributed by atoms with van der Waals surface area (Å²) in [5.74, 6) is -1.19. The zero-order valence-corrected chi connectivity index (χ0v) is 16.5. The average molecular weight is 359 g/mol. The van der Waals surface area contributed by atoms with Gasteiger partial charge in [0.15, 0.2) is 14.6 Å². The maximum absolute atomic E-state index is 12.0. The first kappa shape index (κ1) is 19.4. The van der Waals surface area contributed by atoms with Crippen LogP contribution in [0.15, 0.2) is 11.8 Å². The Kier molecular flexibility index (Phi) is 5.21. The van der Waals surface area contributed by atoms with E-state index < -0.39 is 32.1 Å². The third-order valence-electron chi connectivity index (χ3n) is 5.88. The SMILES string of the molecule is COC(=O)C1=COC(O[Si](C)(C)C(C)(C)C)[C@H]2[C@@H]1CC[C@@]2(O)CO. The van der Waals surface area contributed by atoms with Gasteiger partial charge in [0.05, 0.1) is 37.1 Å². The van der Waals surface area contributed by atoms with E-state index in [1.807, 2.05) is 0 Å². The van der Waals surface area contributed by atoms with E-state index in [2.05, 4.69) is 33.9 Å². The van der Waals surface area contributed by atoms with Crippen molar-refractivity contribution in [1.29, 1.82) is 0 Å². The van der Waals surface area contributed by atoms with Crippen LogP contribution in [0.1, 0.15) is 33.6 Å². The van der Waals surface area contributed by atoms with Crippen molar-refractivity contribution in [1.82, 2.24) is 0 Å². The molecule has 1 heterocycles. The summed E-state index contributed by atoms with van der Waals surface area (Å²) in [6.45, 7) is 10.2. The Bertz CT molecular complexity index is 524. The smallest absolute Gasteiger partial charge is 0.337 e. The molecule has 6 nitrogen and oxygen atoms in total. The Morgan fingerprint density at radius 1 is 1.46 bits per heavy atom. The van der Waals surface area contributed by atoms with Crippen molar-refractivity contribution in [3.05, 3.63) is 11.8 Å². The van der Waals surface area contributed by atoms with Crippen molar-refractivity contribution in [2.45, 2.75) is 63.6 Å². The number of methoxy groups -OCH3 is 1. The van der Waals surface area contributed by atoms with Crippen molar-refractivity contribution in [2.75, 3.05) is 13.7 Å². The van der Waals surface area contributed by atoms with Crippen LogP contribution in [-0.2, 0) is 18.7 Å². The van der Waals surface area contributed by atoms with Crippen LogP contribution in [-0.4, -0.2) is 50.1 Å². The lowest BCUT2D eigenvalue weighted by molar-refractivity contribution is -0.172. The lowest BCUT2D eigenvalue weighted by atomic mass is 9.81. The van der Waals surface area contributed by atoms with Crippen LogP contribution in [0.2, 0.25) is 18.1 Å². The molecule has 1 unspecified atom stereocenters. The molecular weight excluding hydrogens is 328 g/mol. The Balaban J connectivity index is 2.35. The number of aliphatic hydroxyl groups excluding tert-OH is 1. The van der Waals surface area contributed by atoms with Gasteiger partial charge in [0.2, 0.25) is 0 Å². The lowest BCUT2D eigenvalue weighted by Gasteiger charge is -2.45. The molecule has 2 aliphatic rings. The molecular formula is C17H30O6Si. The molecule has 0 aromatic heterocycles. The number of carbonyl (C=O) groups excluding carboxylic acids is 1. The van der Waals surface area contributed by atoms with Crippen LogP contribution in [0.3, 0.4) is 0 Å². The fourth-order valence-corrected chi connectivity index (χ4v) is 4.44. The monoisotopic (exact) mass is 358 g/mol. The van der Waals surface area contributed by atoms with Crippen LogP contribution in [0.5, 0.6) is 0 Å². The Morgan fingerprint density at radius 3 is 2.58 bits per heavy atom. The van der Waals surface area contributed by atoms with E-state index in [4.69, 9.17) is 13.9 Å². The number of rotatable bonds is 4. The molecule has 7 heteroatoms. The molecule has 0 saturated heterocycles. The summed E-state index contributed by atoms with van der Waals surface area (Å²) in [6, 6.07) is 0.